The smallest absolute Gasteiger partial charge is 0.301 e. The number of carbonyl (C=O) groups excluding carboxylic acids is 2. The van der Waals surface area contributed by atoms with Gasteiger partial charge in [-0.3, -0.25) is 14.5 Å². The van der Waals surface area contributed by atoms with Crippen molar-refractivity contribution in [1.82, 2.24) is 4.98 Å². The molecule has 1 saturated heterocycles. The molecule has 1 N–H and O–H groups in total. The first-order chi connectivity index (χ1) is 17.3. The van der Waals surface area contributed by atoms with Gasteiger partial charge in [-0.1, -0.05) is 92.3 Å². The third-order valence-corrected chi connectivity index (χ3v) is 7.73. The van der Waals surface area contributed by atoms with Gasteiger partial charge in [0.25, 0.3) is 5.78 Å². The largest absolute Gasteiger partial charge is 0.507 e. The lowest BCUT2D eigenvalue weighted by molar-refractivity contribution is -0.132. The highest BCUT2D eigenvalue weighted by atomic mass is 32.1. The maximum Gasteiger partial charge on any atom is 0.301 e. The van der Waals surface area contributed by atoms with Crippen LogP contribution < -0.4 is 4.90 Å². The van der Waals surface area contributed by atoms with Crippen molar-refractivity contribution < 1.29 is 14.7 Å². The van der Waals surface area contributed by atoms with E-state index in [0.717, 1.165) is 33.3 Å². The number of aliphatic hydroxyl groups is 1. The van der Waals surface area contributed by atoms with Crippen molar-refractivity contribution in [3.05, 3.63) is 100 Å². The van der Waals surface area contributed by atoms with Gasteiger partial charge in [-0.05, 0) is 48.1 Å². The van der Waals surface area contributed by atoms with E-state index in [9.17, 15) is 14.7 Å². The molecule has 182 valence electrons. The summed E-state index contributed by atoms with van der Waals surface area (Å²) < 4.78 is 0.955. The standard InChI is InChI=1S/C30H28N2O3S/c1-5-19-9-11-20(12-10-19)27(33)25-26(22-8-6-7-18(4)15-22)32(29(35)28(25)34)30-31-23-14-13-21(17(2)3)16-24(23)36-30/h6-17,26,33H,5H2,1-4H3/b27-25+. The second-order valence-corrected chi connectivity index (χ2v) is 10.5. The fourth-order valence-electron chi connectivity index (χ4n) is 4.63. The fourth-order valence-corrected chi connectivity index (χ4v) is 5.67. The summed E-state index contributed by atoms with van der Waals surface area (Å²) in [5.41, 5.74) is 5.42. The number of Topliss-reactive ketones (excluding diaryl/α,β-unsaturated/α-hetero) is 1. The molecule has 0 radical (unpaired) electrons. The minimum atomic E-state index is -0.777. The average Bonchev–Trinajstić information content (AvgIpc) is 3.41. The summed E-state index contributed by atoms with van der Waals surface area (Å²) in [7, 11) is 0. The molecule has 1 amide bonds. The van der Waals surface area contributed by atoms with Gasteiger partial charge in [0, 0.05) is 5.56 Å². The lowest BCUT2D eigenvalue weighted by Crippen LogP contribution is -2.29. The average molecular weight is 497 g/mol. The Bertz CT molecular complexity index is 1510. The number of hydrogen-bond donors (Lipinski definition) is 1. The molecule has 1 unspecified atom stereocenters. The quantitative estimate of drug-likeness (QED) is 0.185. The van der Waals surface area contributed by atoms with Crippen LogP contribution in [0, 0.1) is 6.92 Å². The predicted octanol–water partition coefficient (Wildman–Crippen LogP) is 6.92. The van der Waals surface area contributed by atoms with Crippen molar-refractivity contribution in [2.75, 3.05) is 4.90 Å². The van der Waals surface area contributed by atoms with Crippen LogP contribution in [0.15, 0.2) is 72.3 Å². The number of amides is 1. The Morgan fingerprint density at radius 2 is 1.81 bits per heavy atom. The lowest BCUT2D eigenvalue weighted by atomic mass is 9.94. The monoisotopic (exact) mass is 496 g/mol. The van der Waals surface area contributed by atoms with Gasteiger partial charge in [-0.15, -0.1) is 0 Å². The number of ketones is 1. The number of aryl methyl sites for hydroxylation is 2. The molecule has 1 aromatic heterocycles. The van der Waals surface area contributed by atoms with Crippen LogP contribution in [0.3, 0.4) is 0 Å². The van der Waals surface area contributed by atoms with E-state index in [1.54, 1.807) is 12.1 Å². The molecule has 4 aromatic rings. The van der Waals surface area contributed by atoms with Crippen molar-refractivity contribution in [1.29, 1.82) is 0 Å². The highest BCUT2D eigenvalue weighted by Gasteiger charge is 2.48. The van der Waals surface area contributed by atoms with Crippen LogP contribution >= 0.6 is 11.3 Å². The third-order valence-electron chi connectivity index (χ3n) is 6.71. The van der Waals surface area contributed by atoms with E-state index in [1.807, 2.05) is 55.5 Å². The van der Waals surface area contributed by atoms with Gasteiger partial charge in [0.2, 0.25) is 0 Å². The van der Waals surface area contributed by atoms with Gasteiger partial charge in [0.15, 0.2) is 5.13 Å². The van der Waals surface area contributed by atoms with Gasteiger partial charge in [-0.25, -0.2) is 4.98 Å². The molecular formula is C30H28N2O3S. The van der Waals surface area contributed by atoms with Crippen molar-refractivity contribution in [3.63, 3.8) is 0 Å². The molecule has 2 heterocycles. The number of carbonyl (C=O) groups is 2. The molecule has 6 heteroatoms. The van der Waals surface area contributed by atoms with Gasteiger partial charge in [0.1, 0.15) is 5.76 Å². The zero-order valence-electron chi connectivity index (χ0n) is 20.8. The van der Waals surface area contributed by atoms with Gasteiger partial charge in [-0.2, -0.15) is 0 Å². The number of rotatable bonds is 5. The Morgan fingerprint density at radius 1 is 1.06 bits per heavy atom. The SMILES string of the molecule is CCc1ccc(/C(O)=C2\C(=O)C(=O)N(c3nc4ccc(C(C)C)cc4s3)C2c2cccc(C)c2)cc1. The Labute approximate surface area is 214 Å². The Hall–Kier alpha value is -3.77. The lowest BCUT2D eigenvalue weighted by Gasteiger charge is -2.23. The molecule has 5 rings (SSSR count). The number of nitrogens with zero attached hydrogens (tertiary/aromatic N) is 2. The first-order valence-corrected chi connectivity index (χ1v) is 13.0. The molecule has 1 aliphatic rings. The number of aromatic nitrogens is 1. The summed E-state index contributed by atoms with van der Waals surface area (Å²) in [4.78, 5) is 33.1. The van der Waals surface area contributed by atoms with E-state index < -0.39 is 17.7 Å². The molecule has 1 fully saturated rings. The molecule has 0 saturated carbocycles. The summed E-state index contributed by atoms with van der Waals surface area (Å²) >= 11 is 1.39. The highest BCUT2D eigenvalue weighted by Crippen LogP contribution is 2.44. The van der Waals surface area contributed by atoms with Crippen molar-refractivity contribution in [2.24, 2.45) is 0 Å². The maximum absolute atomic E-state index is 13.5. The molecule has 3 aromatic carbocycles. The minimum Gasteiger partial charge on any atom is -0.507 e. The minimum absolute atomic E-state index is 0.0805. The Balaban J connectivity index is 1.70. The predicted molar refractivity (Wildman–Crippen MR) is 145 cm³/mol. The maximum atomic E-state index is 13.5. The van der Waals surface area contributed by atoms with Crippen LogP contribution in [0.2, 0.25) is 0 Å². The van der Waals surface area contributed by atoms with Crippen molar-refractivity contribution >= 4 is 44.1 Å². The van der Waals surface area contributed by atoms with E-state index in [0.29, 0.717) is 16.6 Å². The van der Waals surface area contributed by atoms with Crippen LogP contribution in [0.5, 0.6) is 0 Å². The van der Waals surface area contributed by atoms with Crippen LogP contribution in [-0.4, -0.2) is 21.8 Å². The molecular weight excluding hydrogens is 468 g/mol. The number of thiazole rings is 1. The van der Waals surface area contributed by atoms with E-state index in [4.69, 9.17) is 4.98 Å². The normalized spacial score (nSPS) is 17.5. The molecule has 1 atom stereocenters. The second kappa shape index (κ2) is 9.36. The van der Waals surface area contributed by atoms with Gasteiger partial charge < -0.3 is 5.11 Å². The number of aliphatic hydroxyl groups excluding tert-OH is 1. The summed E-state index contributed by atoms with van der Waals surface area (Å²) in [6.07, 6.45) is 0.866. The van der Waals surface area contributed by atoms with E-state index in [2.05, 4.69) is 26.8 Å². The van der Waals surface area contributed by atoms with Crippen molar-refractivity contribution in [2.45, 2.75) is 46.1 Å². The van der Waals surface area contributed by atoms with Crippen LogP contribution in [0.1, 0.15) is 60.5 Å². The van der Waals surface area contributed by atoms with Crippen LogP contribution in [-0.2, 0) is 16.0 Å². The Kier molecular flexibility index (Phi) is 6.22. The first-order valence-electron chi connectivity index (χ1n) is 12.2. The molecule has 0 bridgehead atoms. The molecule has 0 aliphatic carbocycles. The number of benzene rings is 3. The second-order valence-electron chi connectivity index (χ2n) is 9.51. The summed E-state index contributed by atoms with van der Waals surface area (Å²) in [6, 6.07) is 20.4. The number of hydrogen-bond acceptors (Lipinski definition) is 5. The molecule has 0 spiro atoms. The number of anilines is 1. The zero-order valence-corrected chi connectivity index (χ0v) is 21.6. The number of fused-ring (bicyclic) bond motifs is 1. The molecule has 36 heavy (non-hydrogen) atoms. The first kappa shape index (κ1) is 23.9. The molecule has 1 aliphatic heterocycles. The molecule has 5 nitrogen and oxygen atoms in total. The van der Waals surface area contributed by atoms with E-state index in [1.165, 1.54) is 21.8 Å². The summed E-state index contributed by atoms with van der Waals surface area (Å²) in [5, 5.41) is 11.8. The van der Waals surface area contributed by atoms with Crippen LogP contribution in [0.25, 0.3) is 16.0 Å². The summed E-state index contributed by atoms with van der Waals surface area (Å²) in [5.74, 6) is -1.20. The summed E-state index contributed by atoms with van der Waals surface area (Å²) in [6.45, 7) is 8.28. The van der Waals surface area contributed by atoms with E-state index in [-0.39, 0.29) is 11.3 Å². The van der Waals surface area contributed by atoms with E-state index >= 15 is 0 Å². The zero-order chi connectivity index (χ0) is 25.6. The van der Waals surface area contributed by atoms with Gasteiger partial charge in [0.05, 0.1) is 21.8 Å². The highest BCUT2D eigenvalue weighted by molar-refractivity contribution is 7.22. The van der Waals surface area contributed by atoms with Gasteiger partial charge >= 0.3 is 5.91 Å². The topological polar surface area (TPSA) is 70.5 Å². The van der Waals surface area contributed by atoms with Crippen LogP contribution in [0.4, 0.5) is 5.13 Å². The fraction of sp³-hybridized carbons (Fsp3) is 0.233. The third kappa shape index (κ3) is 4.11. The van der Waals surface area contributed by atoms with Crippen molar-refractivity contribution in [3.8, 4) is 0 Å². The Morgan fingerprint density at radius 3 is 2.47 bits per heavy atom.